The summed E-state index contributed by atoms with van der Waals surface area (Å²) < 4.78 is 0. The van der Waals surface area contributed by atoms with Gasteiger partial charge in [0, 0.05) is 6.42 Å². The Hall–Kier alpha value is -0.610. The molecule has 0 saturated carbocycles. The van der Waals surface area contributed by atoms with Crippen LogP contribution in [0.4, 0.5) is 0 Å². The van der Waals surface area contributed by atoms with Crippen LogP contribution in [0, 0.1) is 5.41 Å². The van der Waals surface area contributed by atoms with Crippen molar-refractivity contribution in [1.82, 2.24) is 0 Å². The van der Waals surface area contributed by atoms with E-state index in [0.717, 1.165) is 32.1 Å². The van der Waals surface area contributed by atoms with Crippen LogP contribution in [0.15, 0.2) is 0 Å². The zero-order valence-electron chi connectivity index (χ0n) is 14.0. The molecule has 120 valence electrons. The fourth-order valence-electron chi connectivity index (χ4n) is 2.44. The third kappa shape index (κ3) is 7.25. The summed E-state index contributed by atoms with van der Waals surface area (Å²) >= 11 is 0. The van der Waals surface area contributed by atoms with E-state index in [2.05, 4.69) is 13.8 Å². The molecule has 0 spiro atoms. The summed E-state index contributed by atoms with van der Waals surface area (Å²) in [5.41, 5.74) is -1.16. The standard InChI is InChI=1S/C16H32O4/c1-7-9-11-16(6,10-8-2)14(18)19-20-15(4,5)12-13(3)17/h13,17H,7-12H2,1-6H3. The maximum atomic E-state index is 12.3. The lowest BCUT2D eigenvalue weighted by molar-refractivity contribution is -0.334. The molecule has 0 amide bonds. The van der Waals surface area contributed by atoms with Crippen molar-refractivity contribution in [3.63, 3.8) is 0 Å². The summed E-state index contributed by atoms with van der Waals surface area (Å²) in [5, 5.41) is 9.39. The highest BCUT2D eigenvalue weighted by molar-refractivity contribution is 5.75. The molecule has 20 heavy (non-hydrogen) atoms. The Balaban J connectivity index is 4.53. The Bertz CT molecular complexity index is 286. The van der Waals surface area contributed by atoms with Crippen LogP contribution in [0.5, 0.6) is 0 Å². The summed E-state index contributed by atoms with van der Waals surface area (Å²) in [6.07, 6.45) is 4.53. The topological polar surface area (TPSA) is 55.8 Å². The lowest BCUT2D eigenvalue weighted by Crippen LogP contribution is -2.35. The smallest absolute Gasteiger partial charge is 0.348 e. The lowest BCUT2D eigenvalue weighted by Gasteiger charge is -2.29. The van der Waals surface area contributed by atoms with Crippen molar-refractivity contribution in [3.05, 3.63) is 0 Å². The molecule has 0 aromatic heterocycles. The SMILES string of the molecule is CCCCC(C)(CCC)C(=O)OOC(C)(C)CC(C)O. The summed E-state index contributed by atoms with van der Waals surface area (Å²) in [4.78, 5) is 22.6. The van der Waals surface area contributed by atoms with Gasteiger partial charge in [-0.1, -0.05) is 33.1 Å². The zero-order chi connectivity index (χ0) is 15.8. The van der Waals surface area contributed by atoms with E-state index >= 15 is 0 Å². The highest BCUT2D eigenvalue weighted by Crippen LogP contribution is 2.32. The van der Waals surface area contributed by atoms with Gasteiger partial charge in [-0.05, 0) is 40.5 Å². The molecule has 2 unspecified atom stereocenters. The molecule has 0 saturated heterocycles. The van der Waals surface area contributed by atoms with Crippen molar-refractivity contribution in [2.24, 2.45) is 5.41 Å². The summed E-state index contributed by atoms with van der Waals surface area (Å²) in [6.45, 7) is 11.4. The summed E-state index contributed by atoms with van der Waals surface area (Å²) in [5.74, 6) is -0.300. The number of hydrogen-bond donors (Lipinski definition) is 1. The van der Waals surface area contributed by atoms with Crippen LogP contribution in [-0.2, 0) is 14.6 Å². The molecular formula is C16H32O4. The average Bonchev–Trinajstić information content (AvgIpc) is 2.32. The van der Waals surface area contributed by atoms with E-state index < -0.39 is 17.1 Å². The molecule has 0 radical (unpaired) electrons. The lowest BCUT2D eigenvalue weighted by atomic mass is 9.81. The van der Waals surface area contributed by atoms with Crippen molar-refractivity contribution in [3.8, 4) is 0 Å². The first-order chi connectivity index (χ1) is 9.17. The molecule has 1 N–H and O–H groups in total. The quantitative estimate of drug-likeness (QED) is 0.487. The van der Waals surface area contributed by atoms with Crippen molar-refractivity contribution >= 4 is 5.97 Å². The van der Waals surface area contributed by atoms with Gasteiger partial charge in [0.05, 0.1) is 11.5 Å². The molecule has 0 aliphatic rings. The molecular weight excluding hydrogens is 256 g/mol. The van der Waals surface area contributed by atoms with Gasteiger partial charge < -0.3 is 5.11 Å². The first-order valence-electron chi connectivity index (χ1n) is 7.75. The molecule has 0 aromatic rings. The Morgan fingerprint density at radius 1 is 1.15 bits per heavy atom. The largest absolute Gasteiger partial charge is 0.393 e. The van der Waals surface area contributed by atoms with Crippen LogP contribution in [0.25, 0.3) is 0 Å². The molecule has 0 aliphatic heterocycles. The van der Waals surface area contributed by atoms with Crippen molar-refractivity contribution in [2.75, 3.05) is 0 Å². The van der Waals surface area contributed by atoms with Crippen molar-refractivity contribution < 1.29 is 19.7 Å². The number of hydrogen-bond acceptors (Lipinski definition) is 4. The monoisotopic (exact) mass is 288 g/mol. The van der Waals surface area contributed by atoms with E-state index in [9.17, 15) is 9.90 Å². The summed E-state index contributed by atoms with van der Waals surface area (Å²) in [7, 11) is 0. The molecule has 0 aliphatic carbocycles. The fourth-order valence-corrected chi connectivity index (χ4v) is 2.44. The fraction of sp³-hybridized carbons (Fsp3) is 0.938. The van der Waals surface area contributed by atoms with Gasteiger partial charge >= 0.3 is 5.97 Å². The van der Waals surface area contributed by atoms with Crippen LogP contribution in [0.1, 0.15) is 80.1 Å². The molecule has 2 atom stereocenters. The van der Waals surface area contributed by atoms with E-state index in [0.29, 0.717) is 6.42 Å². The van der Waals surface area contributed by atoms with Crippen LogP contribution in [0.2, 0.25) is 0 Å². The van der Waals surface area contributed by atoms with E-state index in [-0.39, 0.29) is 5.97 Å². The molecule has 0 fully saturated rings. The molecule has 4 heteroatoms. The number of unbranched alkanes of at least 4 members (excludes halogenated alkanes) is 1. The normalized spacial score (nSPS) is 16.6. The summed E-state index contributed by atoms with van der Waals surface area (Å²) in [6, 6.07) is 0. The average molecular weight is 288 g/mol. The molecule has 0 aromatic carbocycles. The van der Waals surface area contributed by atoms with Gasteiger partial charge in [0.25, 0.3) is 0 Å². The minimum absolute atomic E-state index is 0.300. The van der Waals surface area contributed by atoms with Gasteiger partial charge in [-0.3, -0.25) is 4.89 Å². The molecule has 4 nitrogen and oxygen atoms in total. The Kier molecular flexibility index (Phi) is 8.36. The number of carbonyl (C=O) groups is 1. The highest BCUT2D eigenvalue weighted by atomic mass is 17.2. The van der Waals surface area contributed by atoms with Gasteiger partial charge in [0.1, 0.15) is 5.60 Å². The van der Waals surface area contributed by atoms with Crippen molar-refractivity contribution in [1.29, 1.82) is 0 Å². The second-order valence-corrected chi connectivity index (χ2v) is 6.68. The number of aliphatic hydroxyl groups excluding tert-OH is 1. The first kappa shape index (κ1) is 19.4. The Morgan fingerprint density at radius 3 is 2.20 bits per heavy atom. The van der Waals surface area contributed by atoms with E-state index in [1.54, 1.807) is 20.8 Å². The first-order valence-corrected chi connectivity index (χ1v) is 7.75. The second kappa shape index (κ2) is 8.63. The van der Waals surface area contributed by atoms with Crippen LogP contribution < -0.4 is 0 Å². The Labute approximate surface area is 123 Å². The van der Waals surface area contributed by atoms with E-state index in [4.69, 9.17) is 9.78 Å². The van der Waals surface area contributed by atoms with Gasteiger partial charge in [-0.25, -0.2) is 4.79 Å². The maximum Gasteiger partial charge on any atom is 0.348 e. The van der Waals surface area contributed by atoms with Gasteiger partial charge in [-0.2, -0.15) is 4.89 Å². The number of aliphatic hydroxyl groups is 1. The third-order valence-electron chi connectivity index (χ3n) is 3.51. The van der Waals surface area contributed by atoms with Crippen molar-refractivity contribution in [2.45, 2.75) is 91.8 Å². The van der Waals surface area contributed by atoms with Crippen LogP contribution >= 0.6 is 0 Å². The van der Waals surface area contributed by atoms with E-state index in [1.807, 2.05) is 6.92 Å². The highest BCUT2D eigenvalue weighted by Gasteiger charge is 2.36. The Morgan fingerprint density at radius 2 is 1.75 bits per heavy atom. The minimum Gasteiger partial charge on any atom is -0.393 e. The van der Waals surface area contributed by atoms with Crippen LogP contribution in [-0.4, -0.2) is 22.8 Å². The number of carbonyl (C=O) groups excluding carboxylic acids is 1. The van der Waals surface area contributed by atoms with E-state index in [1.165, 1.54) is 0 Å². The second-order valence-electron chi connectivity index (χ2n) is 6.68. The number of rotatable bonds is 10. The predicted octanol–water partition coefficient (Wildman–Crippen LogP) is 4.01. The molecule has 0 bridgehead atoms. The predicted molar refractivity (Wildman–Crippen MR) is 80.1 cm³/mol. The maximum absolute atomic E-state index is 12.3. The molecule has 0 heterocycles. The van der Waals surface area contributed by atoms with Gasteiger partial charge in [0.15, 0.2) is 0 Å². The minimum atomic E-state index is -0.679. The van der Waals surface area contributed by atoms with Gasteiger partial charge in [0.2, 0.25) is 0 Å². The van der Waals surface area contributed by atoms with Gasteiger partial charge in [-0.15, -0.1) is 0 Å². The third-order valence-corrected chi connectivity index (χ3v) is 3.51. The van der Waals surface area contributed by atoms with Crippen LogP contribution in [0.3, 0.4) is 0 Å². The zero-order valence-corrected chi connectivity index (χ0v) is 14.0. The molecule has 0 rings (SSSR count).